The molecule has 2 N–H and O–H groups in total. The van der Waals surface area contributed by atoms with Gasteiger partial charge < -0.3 is 15.3 Å². The van der Waals surface area contributed by atoms with E-state index in [1.807, 2.05) is 6.26 Å². The third-order valence-electron chi connectivity index (χ3n) is 3.32. The molecule has 0 radical (unpaired) electrons. The summed E-state index contributed by atoms with van der Waals surface area (Å²) in [6, 6.07) is -0.744. The number of hydrogen-bond donors (Lipinski definition) is 2. The second-order valence-corrected chi connectivity index (χ2v) is 5.88. The Morgan fingerprint density at radius 2 is 2.05 bits per heavy atom. The van der Waals surface area contributed by atoms with Gasteiger partial charge in [0.15, 0.2) is 0 Å². The molecule has 1 fully saturated rings. The fraction of sp³-hybridized carbons (Fsp3) is 0.846. The van der Waals surface area contributed by atoms with Crippen LogP contribution < -0.4 is 5.32 Å². The molecule has 1 amide bonds. The molecule has 0 spiro atoms. The molecular weight excluding hydrogens is 264 g/mol. The van der Waals surface area contributed by atoms with Crippen molar-refractivity contribution in [2.45, 2.75) is 38.1 Å². The van der Waals surface area contributed by atoms with Crippen LogP contribution in [0.1, 0.15) is 32.1 Å². The first-order chi connectivity index (χ1) is 9.13. The van der Waals surface area contributed by atoms with Crippen molar-refractivity contribution in [3.05, 3.63) is 0 Å². The first kappa shape index (κ1) is 16.3. The molecule has 0 aliphatic carbocycles. The van der Waals surface area contributed by atoms with Gasteiger partial charge in [-0.05, 0) is 57.3 Å². The van der Waals surface area contributed by atoms with Gasteiger partial charge in [-0.2, -0.15) is 11.8 Å². The summed E-state index contributed by atoms with van der Waals surface area (Å²) in [7, 11) is 0. The molecule has 0 bridgehead atoms. The third kappa shape index (κ3) is 6.82. The standard InChI is InChI=1S/C13H24N2O3S/c1-19-10-6-11(13(17)18)14-12(16)5-4-9-15-7-2-3-8-15/h11H,2-10H2,1H3,(H,14,16)(H,17,18). The number of carboxylic acids is 1. The summed E-state index contributed by atoms with van der Waals surface area (Å²) in [4.78, 5) is 25.0. The molecule has 1 saturated heterocycles. The lowest BCUT2D eigenvalue weighted by molar-refractivity contribution is -0.141. The molecule has 1 atom stereocenters. The lowest BCUT2D eigenvalue weighted by atomic mass is 10.2. The highest BCUT2D eigenvalue weighted by Crippen LogP contribution is 2.08. The van der Waals surface area contributed by atoms with Crippen molar-refractivity contribution in [3.63, 3.8) is 0 Å². The topological polar surface area (TPSA) is 69.6 Å². The van der Waals surface area contributed by atoms with Gasteiger partial charge in [-0.25, -0.2) is 4.79 Å². The second-order valence-electron chi connectivity index (χ2n) is 4.89. The minimum atomic E-state index is -0.943. The van der Waals surface area contributed by atoms with Crippen LogP contribution in [0.3, 0.4) is 0 Å². The van der Waals surface area contributed by atoms with Gasteiger partial charge in [0.1, 0.15) is 6.04 Å². The number of rotatable bonds is 9. The monoisotopic (exact) mass is 288 g/mol. The van der Waals surface area contributed by atoms with E-state index in [0.717, 1.165) is 31.8 Å². The molecule has 1 unspecified atom stereocenters. The normalized spacial score (nSPS) is 17.3. The van der Waals surface area contributed by atoms with Crippen LogP contribution in [-0.4, -0.2) is 59.6 Å². The zero-order valence-corrected chi connectivity index (χ0v) is 12.4. The maximum Gasteiger partial charge on any atom is 0.326 e. The first-order valence-corrected chi connectivity index (χ1v) is 8.26. The van der Waals surface area contributed by atoms with Crippen molar-refractivity contribution in [3.8, 4) is 0 Å². The van der Waals surface area contributed by atoms with Crippen molar-refractivity contribution in [2.75, 3.05) is 31.6 Å². The minimum Gasteiger partial charge on any atom is -0.480 e. The summed E-state index contributed by atoms with van der Waals surface area (Å²) in [5, 5.41) is 11.6. The number of thioether (sulfide) groups is 1. The molecule has 1 heterocycles. The molecular formula is C13H24N2O3S. The fourth-order valence-electron chi connectivity index (χ4n) is 2.23. The summed E-state index contributed by atoms with van der Waals surface area (Å²) >= 11 is 1.59. The van der Waals surface area contributed by atoms with Crippen molar-refractivity contribution < 1.29 is 14.7 Å². The minimum absolute atomic E-state index is 0.146. The van der Waals surface area contributed by atoms with Crippen LogP contribution in [-0.2, 0) is 9.59 Å². The lowest BCUT2D eigenvalue weighted by Gasteiger charge is -2.16. The van der Waals surface area contributed by atoms with Crippen LogP contribution in [0.5, 0.6) is 0 Å². The summed E-state index contributed by atoms with van der Waals surface area (Å²) in [5.74, 6) is -0.347. The number of aliphatic carboxylic acids is 1. The Hall–Kier alpha value is -0.750. The quantitative estimate of drug-likeness (QED) is 0.667. The fourth-order valence-corrected chi connectivity index (χ4v) is 2.70. The summed E-state index contributed by atoms with van der Waals surface area (Å²) < 4.78 is 0. The number of nitrogens with zero attached hydrogens (tertiary/aromatic N) is 1. The van der Waals surface area contributed by atoms with Gasteiger partial charge in [0, 0.05) is 6.42 Å². The van der Waals surface area contributed by atoms with E-state index < -0.39 is 12.0 Å². The summed E-state index contributed by atoms with van der Waals surface area (Å²) in [5.41, 5.74) is 0. The first-order valence-electron chi connectivity index (χ1n) is 6.87. The molecule has 19 heavy (non-hydrogen) atoms. The largest absolute Gasteiger partial charge is 0.480 e. The molecule has 0 aromatic heterocycles. The van der Waals surface area contributed by atoms with Crippen molar-refractivity contribution in [2.24, 2.45) is 0 Å². The van der Waals surface area contributed by atoms with Crippen LogP contribution in [0.15, 0.2) is 0 Å². The number of carboxylic acid groups (broad SMARTS) is 1. The molecule has 6 heteroatoms. The zero-order chi connectivity index (χ0) is 14.1. The number of carbonyl (C=O) groups excluding carboxylic acids is 1. The highest BCUT2D eigenvalue weighted by molar-refractivity contribution is 7.98. The van der Waals surface area contributed by atoms with Crippen LogP contribution in [0.2, 0.25) is 0 Å². The number of carbonyl (C=O) groups is 2. The molecule has 0 saturated carbocycles. The molecule has 0 aromatic rings. The third-order valence-corrected chi connectivity index (χ3v) is 3.96. The molecule has 1 rings (SSSR count). The summed E-state index contributed by atoms with van der Waals surface area (Å²) in [6.07, 6.45) is 6.13. The van der Waals surface area contributed by atoms with E-state index in [0.29, 0.717) is 12.8 Å². The maximum atomic E-state index is 11.7. The van der Waals surface area contributed by atoms with E-state index in [9.17, 15) is 9.59 Å². The molecule has 0 aromatic carbocycles. The Morgan fingerprint density at radius 1 is 1.37 bits per heavy atom. The van der Waals surface area contributed by atoms with Crippen molar-refractivity contribution in [1.29, 1.82) is 0 Å². The van der Waals surface area contributed by atoms with Crippen molar-refractivity contribution in [1.82, 2.24) is 10.2 Å². The molecule has 110 valence electrons. The van der Waals surface area contributed by atoms with Crippen LogP contribution in [0.4, 0.5) is 0 Å². The molecule has 1 aliphatic rings. The Balaban J connectivity index is 2.17. The average molecular weight is 288 g/mol. The number of likely N-dealkylation sites (tertiary alicyclic amines) is 1. The Kier molecular flexibility index (Phi) is 7.90. The maximum absolute atomic E-state index is 11.7. The highest BCUT2D eigenvalue weighted by atomic mass is 32.2. The van der Waals surface area contributed by atoms with Crippen molar-refractivity contribution >= 4 is 23.6 Å². The van der Waals surface area contributed by atoms with Gasteiger partial charge in [0.05, 0.1) is 0 Å². The Bertz CT molecular complexity index is 294. The Labute approximate surface area is 119 Å². The van der Waals surface area contributed by atoms with E-state index in [1.165, 1.54) is 12.8 Å². The van der Waals surface area contributed by atoms with E-state index in [4.69, 9.17) is 5.11 Å². The second kappa shape index (κ2) is 9.20. The SMILES string of the molecule is CSCCC(NC(=O)CCCN1CCCC1)C(=O)O. The van der Waals surface area contributed by atoms with Crippen LogP contribution in [0, 0.1) is 0 Å². The lowest BCUT2D eigenvalue weighted by Crippen LogP contribution is -2.41. The van der Waals surface area contributed by atoms with Crippen LogP contribution in [0.25, 0.3) is 0 Å². The van der Waals surface area contributed by atoms with Crippen LogP contribution >= 0.6 is 11.8 Å². The highest BCUT2D eigenvalue weighted by Gasteiger charge is 2.19. The number of nitrogens with one attached hydrogen (secondary N) is 1. The number of amides is 1. The Morgan fingerprint density at radius 3 is 2.63 bits per heavy atom. The molecule has 5 nitrogen and oxygen atoms in total. The van der Waals surface area contributed by atoms with Gasteiger partial charge >= 0.3 is 5.97 Å². The summed E-state index contributed by atoms with van der Waals surface area (Å²) in [6.45, 7) is 3.20. The average Bonchev–Trinajstić information content (AvgIpc) is 2.87. The predicted molar refractivity (Wildman–Crippen MR) is 77.5 cm³/mol. The molecule has 1 aliphatic heterocycles. The smallest absolute Gasteiger partial charge is 0.326 e. The van der Waals surface area contributed by atoms with Gasteiger partial charge in [0.25, 0.3) is 0 Å². The van der Waals surface area contributed by atoms with Gasteiger partial charge in [-0.15, -0.1) is 0 Å². The number of hydrogen-bond acceptors (Lipinski definition) is 4. The van der Waals surface area contributed by atoms with Gasteiger partial charge in [0.2, 0.25) is 5.91 Å². The van der Waals surface area contributed by atoms with Gasteiger partial charge in [-0.1, -0.05) is 0 Å². The van der Waals surface area contributed by atoms with E-state index >= 15 is 0 Å². The van der Waals surface area contributed by atoms with E-state index in [1.54, 1.807) is 11.8 Å². The van der Waals surface area contributed by atoms with E-state index in [-0.39, 0.29) is 5.91 Å². The zero-order valence-electron chi connectivity index (χ0n) is 11.6. The van der Waals surface area contributed by atoms with E-state index in [2.05, 4.69) is 10.2 Å². The predicted octanol–water partition coefficient (Wildman–Crippen LogP) is 1.18. The van der Waals surface area contributed by atoms with Gasteiger partial charge in [-0.3, -0.25) is 4.79 Å².